The van der Waals surface area contributed by atoms with E-state index in [1.165, 1.54) is 39.5 Å². The van der Waals surface area contributed by atoms with Gasteiger partial charge < -0.3 is 9.47 Å². The van der Waals surface area contributed by atoms with Crippen LogP contribution < -0.4 is 9.47 Å². The number of methoxy groups -OCH3 is 2. The first-order valence-corrected chi connectivity index (χ1v) is 7.63. The maximum Gasteiger partial charge on any atom is 0.163 e. The smallest absolute Gasteiger partial charge is 0.163 e. The summed E-state index contributed by atoms with van der Waals surface area (Å²) in [6.45, 7) is 2.18. The highest BCUT2D eigenvalue weighted by molar-refractivity contribution is 6.20. The molecule has 20 heavy (non-hydrogen) atoms. The summed E-state index contributed by atoms with van der Waals surface area (Å²) < 4.78 is 24.3. The highest BCUT2D eigenvalue weighted by Gasteiger charge is 2.17. The zero-order valence-electron chi connectivity index (χ0n) is 12.5. The van der Waals surface area contributed by atoms with E-state index in [1.54, 1.807) is 6.07 Å². The Labute approximate surface area is 126 Å². The Morgan fingerprint density at radius 1 is 1.05 bits per heavy atom. The highest BCUT2D eigenvalue weighted by Crippen LogP contribution is 2.36. The van der Waals surface area contributed by atoms with Gasteiger partial charge in [-0.1, -0.05) is 39.0 Å². The topological polar surface area (TPSA) is 18.5 Å². The number of alkyl halides is 1. The molecule has 0 aromatic heterocycles. The van der Waals surface area contributed by atoms with Crippen LogP contribution in [0.4, 0.5) is 4.39 Å². The van der Waals surface area contributed by atoms with Gasteiger partial charge in [0, 0.05) is 11.6 Å². The van der Waals surface area contributed by atoms with Crippen LogP contribution in [0.25, 0.3) is 0 Å². The second-order valence-corrected chi connectivity index (χ2v) is 5.43. The lowest BCUT2D eigenvalue weighted by Crippen LogP contribution is -1.99. The molecular formula is C16H24ClFO2. The maximum absolute atomic E-state index is 14.0. The Kier molecular flexibility index (Phi) is 7.75. The Balaban J connectivity index is 2.65. The summed E-state index contributed by atoms with van der Waals surface area (Å²) in [5.41, 5.74) is 0.486. The largest absolute Gasteiger partial charge is 0.493 e. The lowest BCUT2D eigenvalue weighted by molar-refractivity contribution is 0.351. The average molecular weight is 303 g/mol. The molecule has 0 aliphatic heterocycles. The fraction of sp³-hybridized carbons (Fsp3) is 0.625. The molecule has 4 heteroatoms. The standard InChI is InChI=1S/C16H24ClFO2/c1-4-5-6-7-8-9-13(17)12-10-15(19-2)16(20-3)11-14(12)18/h10-11,13H,4-9H2,1-3H3. The monoisotopic (exact) mass is 302 g/mol. The van der Waals surface area contributed by atoms with E-state index in [0.717, 1.165) is 19.3 Å². The fourth-order valence-corrected chi connectivity index (χ4v) is 2.51. The van der Waals surface area contributed by atoms with Gasteiger partial charge in [0.2, 0.25) is 0 Å². The third-order valence-electron chi connectivity index (χ3n) is 3.40. The maximum atomic E-state index is 14.0. The van der Waals surface area contributed by atoms with Crippen molar-refractivity contribution in [3.8, 4) is 11.5 Å². The minimum atomic E-state index is -0.337. The van der Waals surface area contributed by atoms with Crippen molar-refractivity contribution in [2.45, 2.75) is 50.8 Å². The fourth-order valence-electron chi connectivity index (χ4n) is 2.19. The summed E-state index contributed by atoms with van der Waals surface area (Å²) in [6.07, 6.45) is 6.62. The van der Waals surface area contributed by atoms with Gasteiger partial charge in [-0.05, 0) is 12.5 Å². The first-order valence-electron chi connectivity index (χ1n) is 7.19. The van der Waals surface area contributed by atoms with Gasteiger partial charge in [-0.15, -0.1) is 11.6 Å². The van der Waals surface area contributed by atoms with E-state index in [4.69, 9.17) is 21.1 Å². The van der Waals surface area contributed by atoms with Crippen LogP contribution in [0.1, 0.15) is 56.4 Å². The summed E-state index contributed by atoms with van der Waals surface area (Å²) in [4.78, 5) is 0. The zero-order valence-corrected chi connectivity index (χ0v) is 13.3. The van der Waals surface area contributed by atoms with Gasteiger partial charge in [0.05, 0.1) is 19.6 Å². The molecule has 2 nitrogen and oxygen atoms in total. The first-order chi connectivity index (χ1) is 9.63. The van der Waals surface area contributed by atoms with Crippen LogP contribution in [0.15, 0.2) is 12.1 Å². The number of hydrogen-bond acceptors (Lipinski definition) is 2. The quantitative estimate of drug-likeness (QED) is 0.444. The summed E-state index contributed by atoms with van der Waals surface area (Å²) in [7, 11) is 3.02. The zero-order chi connectivity index (χ0) is 15.0. The number of ether oxygens (including phenoxy) is 2. The molecule has 0 bridgehead atoms. The van der Waals surface area contributed by atoms with Crippen molar-refractivity contribution >= 4 is 11.6 Å². The van der Waals surface area contributed by atoms with Crippen LogP contribution in [0.2, 0.25) is 0 Å². The van der Waals surface area contributed by atoms with Crippen molar-refractivity contribution in [1.29, 1.82) is 0 Å². The molecule has 0 saturated carbocycles. The Hall–Kier alpha value is -0.960. The molecule has 0 heterocycles. The summed E-state index contributed by atoms with van der Waals surface area (Å²) >= 11 is 6.31. The van der Waals surface area contributed by atoms with E-state index >= 15 is 0 Å². The molecule has 1 rings (SSSR count). The first kappa shape index (κ1) is 17.1. The summed E-state index contributed by atoms with van der Waals surface area (Å²) in [6, 6.07) is 2.97. The molecular weight excluding hydrogens is 279 g/mol. The second kappa shape index (κ2) is 9.06. The number of halogens is 2. The molecule has 1 atom stereocenters. The van der Waals surface area contributed by atoms with E-state index in [-0.39, 0.29) is 11.2 Å². The van der Waals surface area contributed by atoms with Crippen molar-refractivity contribution in [2.24, 2.45) is 0 Å². The molecule has 114 valence electrons. The molecule has 0 amide bonds. The van der Waals surface area contributed by atoms with E-state index in [0.29, 0.717) is 17.1 Å². The molecule has 1 unspecified atom stereocenters. The third kappa shape index (κ3) is 4.86. The number of benzene rings is 1. The molecule has 1 aromatic rings. The molecule has 0 radical (unpaired) electrons. The normalized spacial score (nSPS) is 12.2. The molecule has 0 aliphatic rings. The van der Waals surface area contributed by atoms with Gasteiger partial charge in [-0.25, -0.2) is 4.39 Å². The third-order valence-corrected chi connectivity index (χ3v) is 3.85. The minimum Gasteiger partial charge on any atom is -0.493 e. The number of unbranched alkanes of at least 4 members (excludes halogenated alkanes) is 4. The van der Waals surface area contributed by atoms with E-state index in [1.807, 2.05) is 0 Å². The van der Waals surface area contributed by atoms with Crippen LogP contribution >= 0.6 is 11.6 Å². The lowest BCUT2D eigenvalue weighted by Gasteiger charge is -2.14. The van der Waals surface area contributed by atoms with Crippen LogP contribution in [0, 0.1) is 5.82 Å². The van der Waals surface area contributed by atoms with Crippen molar-refractivity contribution in [1.82, 2.24) is 0 Å². The van der Waals surface area contributed by atoms with Gasteiger partial charge in [0.15, 0.2) is 11.5 Å². The predicted octanol–water partition coefficient (Wildman–Crippen LogP) is 5.48. The van der Waals surface area contributed by atoms with Gasteiger partial charge in [0.25, 0.3) is 0 Å². The molecule has 0 spiro atoms. The molecule has 0 aliphatic carbocycles. The van der Waals surface area contributed by atoms with Crippen molar-refractivity contribution < 1.29 is 13.9 Å². The molecule has 0 saturated heterocycles. The minimum absolute atomic E-state index is 0.323. The SMILES string of the molecule is CCCCCCCC(Cl)c1cc(OC)c(OC)cc1F. The van der Waals surface area contributed by atoms with Crippen molar-refractivity contribution in [3.05, 3.63) is 23.5 Å². The molecule has 0 fully saturated rings. The molecule has 1 aromatic carbocycles. The van der Waals surface area contributed by atoms with Crippen LogP contribution in [-0.2, 0) is 0 Å². The van der Waals surface area contributed by atoms with Crippen molar-refractivity contribution in [2.75, 3.05) is 14.2 Å². The van der Waals surface area contributed by atoms with Gasteiger partial charge in [-0.2, -0.15) is 0 Å². The van der Waals surface area contributed by atoms with Gasteiger partial charge >= 0.3 is 0 Å². The van der Waals surface area contributed by atoms with E-state index < -0.39 is 0 Å². The number of rotatable bonds is 9. The van der Waals surface area contributed by atoms with E-state index in [9.17, 15) is 4.39 Å². The number of hydrogen-bond donors (Lipinski definition) is 0. The Morgan fingerprint density at radius 3 is 2.25 bits per heavy atom. The lowest BCUT2D eigenvalue weighted by atomic mass is 10.0. The van der Waals surface area contributed by atoms with Crippen molar-refractivity contribution in [3.63, 3.8) is 0 Å². The average Bonchev–Trinajstić information content (AvgIpc) is 2.46. The Bertz CT molecular complexity index is 410. The Morgan fingerprint density at radius 2 is 1.65 bits per heavy atom. The molecule has 0 N–H and O–H groups in total. The summed E-state index contributed by atoms with van der Waals surface area (Å²) in [5, 5.41) is -0.323. The van der Waals surface area contributed by atoms with Gasteiger partial charge in [-0.3, -0.25) is 0 Å². The van der Waals surface area contributed by atoms with Crippen LogP contribution in [-0.4, -0.2) is 14.2 Å². The van der Waals surface area contributed by atoms with E-state index in [2.05, 4.69) is 6.92 Å². The summed E-state index contributed by atoms with van der Waals surface area (Å²) in [5.74, 6) is 0.567. The predicted molar refractivity (Wildman–Crippen MR) is 81.5 cm³/mol. The highest BCUT2D eigenvalue weighted by atomic mass is 35.5. The van der Waals surface area contributed by atoms with Gasteiger partial charge in [0.1, 0.15) is 5.82 Å². The second-order valence-electron chi connectivity index (χ2n) is 4.90. The van der Waals surface area contributed by atoms with Crippen LogP contribution in [0.5, 0.6) is 11.5 Å². The van der Waals surface area contributed by atoms with Crippen LogP contribution in [0.3, 0.4) is 0 Å².